The summed E-state index contributed by atoms with van der Waals surface area (Å²) in [7, 11) is 1.57. The van der Waals surface area contributed by atoms with Crippen LogP contribution in [0.2, 0.25) is 5.02 Å². The normalized spacial score (nSPS) is 14.1. The highest BCUT2D eigenvalue weighted by Gasteiger charge is 2.38. The van der Waals surface area contributed by atoms with E-state index in [-0.39, 0.29) is 35.9 Å². The van der Waals surface area contributed by atoms with Gasteiger partial charge in [0.25, 0.3) is 0 Å². The highest BCUT2D eigenvalue weighted by molar-refractivity contribution is 7.98. The van der Waals surface area contributed by atoms with Crippen molar-refractivity contribution in [3.8, 4) is 17.5 Å². The Morgan fingerprint density at radius 3 is 2.37 bits per heavy atom. The molecule has 46 heavy (non-hydrogen) atoms. The Morgan fingerprint density at radius 2 is 1.78 bits per heavy atom. The average Bonchev–Trinajstić information content (AvgIpc) is 3.38. The second-order valence-corrected chi connectivity index (χ2v) is 11.5. The van der Waals surface area contributed by atoms with Gasteiger partial charge in [-0.2, -0.15) is 18.4 Å². The van der Waals surface area contributed by atoms with E-state index in [0.717, 1.165) is 36.2 Å². The quantitative estimate of drug-likeness (QED) is 0.148. The van der Waals surface area contributed by atoms with Crippen LogP contribution in [0, 0.1) is 28.8 Å². The highest BCUT2D eigenvalue weighted by atomic mass is 35.5. The Balaban J connectivity index is 0.000000617. The predicted molar refractivity (Wildman–Crippen MR) is 160 cm³/mol. The number of carboxylic acid groups (broad SMARTS) is 1. The molecule has 3 aromatic carbocycles. The van der Waals surface area contributed by atoms with E-state index in [9.17, 15) is 26.3 Å². The molecule has 0 aliphatic heterocycles. The number of fused-ring (bicyclic) bond motifs is 1. The summed E-state index contributed by atoms with van der Waals surface area (Å²) in [6.07, 6.45) is -2.07. The van der Waals surface area contributed by atoms with Crippen molar-refractivity contribution in [3.63, 3.8) is 0 Å². The molecule has 1 N–H and O–H groups in total. The molecule has 6 nitrogen and oxygen atoms in total. The standard InChI is InChI=1S/C30H25ClF3N3OS.C2HF3O2/c1-38-28-16-19(7-12-24(28)31)22-5-2-6-27-29(22)37(21-10-8-20(32)9-11-21)30(36-27)39-17-23-25(33)14-18(4-3-13-35)15-26(23)34;3-2(4,5)1(6)7/h7-12,14-16,22H,2-6,17H2,1H3;(H,6,7). The molecule has 1 aliphatic carbocycles. The molecule has 242 valence electrons. The van der Waals surface area contributed by atoms with Crippen LogP contribution in [0.4, 0.5) is 26.3 Å². The first-order valence-electron chi connectivity index (χ1n) is 13.8. The number of ether oxygens (including phenoxy) is 1. The van der Waals surface area contributed by atoms with Gasteiger partial charge in [0.15, 0.2) is 5.16 Å². The van der Waals surface area contributed by atoms with Gasteiger partial charge in [0.05, 0.1) is 29.6 Å². The molecule has 0 radical (unpaired) electrons. The first-order valence-corrected chi connectivity index (χ1v) is 15.2. The van der Waals surface area contributed by atoms with E-state index in [2.05, 4.69) is 0 Å². The van der Waals surface area contributed by atoms with Crippen molar-refractivity contribution < 1.29 is 41.0 Å². The number of thioether (sulfide) groups is 1. The minimum atomic E-state index is -5.08. The molecular formula is C32H26ClF6N3O3S. The monoisotopic (exact) mass is 681 g/mol. The molecule has 1 atom stereocenters. The summed E-state index contributed by atoms with van der Waals surface area (Å²) in [6.45, 7) is 0. The smallest absolute Gasteiger partial charge is 0.490 e. The summed E-state index contributed by atoms with van der Waals surface area (Å²) in [5, 5.41) is 17.0. The molecule has 1 aliphatic rings. The van der Waals surface area contributed by atoms with Crippen LogP contribution in [0.1, 0.15) is 53.3 Å². The maximum atomic E-state index is 14.9. The maximum Gasteiger partial charge on any atom is 0.490 e. The fourth-order valence-electron chi connectivity index (χ4n) is 5.03. The van der Waals surface area contributed by atoms with Gasteiger partial charge in [0.1, 0.15) is 23.2 Å². The van der Waals surface area contributed by atoms with Crippen LogP contribution in [0.25, 0.3) is 5.69 Å². The van der Waals surface area contributed by atoms with Crippen molar-refractivity contribution in [2.75, 3.05) is 7.11 Å². The lowest BCUT2D eigenvalue weighted by Crippen LogP contribution is -2.21. The first-order chi connectivity index (χ1) is 21.8. The third-order valence-electron chi connectivity index (χ3n) is 7.17. The highest BCUT2D eigenvalue weighted by Crippen LogP contribution is 2.43. The number of nitriles is 1. The van der Waals surface area contributed by atoms with Crippen LogP contribution >= 0.6 is 23.4 Å². The summed E-state index contributed by atoms with van der Waals surface area (Å²) in [5.41, 5.74) is 4.00. The number of imidazole rings is 1. The Bertz CT molecular complexity index is 1730. The SMILES string of the molecule is COc1cc(C2CCCc3nc(SCc4c(F)cc(CCC#N)cc4F)n(-c4ccc(F)cc4)c32)ccc1Cl.O=C(O)C(F)(F)F. The molecule has 4 aromatic rings. The lowest BCUT2D eigenvalue weighted by molar-refractivity contribution is -0.192. The van der Waals surface area contributed by atoms with Gasteiger partial charge in [-0.25, -0.2) is 22.9 Å². The van der Waals surface area contributed by atoms with Crippen molar-refractivity contribution in [1.29, 1.82) is 5.26 Å². The van der Waals surface area contributed by atoms with Crippen molar-refractivity contribution >= 4 is 29.3 Å². The molecular weight excluding hydrogens is 656 g/mol. The summed E-state index contributed by atoms with van der Waals surface area (Å²) in [6, 6.07) is 16.4. The van der Waals surface area contributed by atoms with Gasteiger partial charge >= 0.3 is 12.1 Å². The fourth-order valence-corrected chi connectivity index (χ4v) is 6.29. The number of aromatic nitrogens is 2. The second kappa shape index (κ2) is 15.0. The van der Waals surface area contributed by atoms with E-state index in [1.54, 1.807) is 19.2 Å². The topological polar surface area (TPSA) is 88.1 Å². The Morgan fingerprint density at radius 1 is 1.13 bits per heavy atom. The van der Waals surface area contributed by atoms with Gasteiger partial charge in [0, 0.05) is 29.3 Å². The van der Waals surface area contributed by atoms with E-state index in [1.807, 2.05) is 28.8 Å². The van der Waals surface area contributed by atoms with Crippen molar-refractivity contribution in [2.45, 2.75) is 55.1 Å². The number of methoxy groups -OCH3 is 1. The van der Waals surface area contributed by atoms with E-state index < -0.39 is 23.8 Å². The molecule has 14 heteroatoms. The number of aliphatic carboxylic acids is 1. The zero-order chi connectivity index (χ0) is 33.6. The maximum absolute atomic E-state index is 14.9. The van der Waals surface area contributed by atoms with Gasteiger partial charge in [-0.05, 0) is 85.3 Å². The molecule has 0 amide bonds. The van der Waals surface area contributed by atoms with E-state index in [1.165, 1.54) is 36.0 Å². The van der Waals surface area contributed by atoms with Crippen LogP contribution < -0.4 is 4.74 Å². The number of aryl methyl sites for hydroxylation is 2. The number of hydrogen-bond donors (Lipinski definition) is 1. The Kier molecular flexibility index (Phi) is 11.3. The zero-order valence-electron chi connectivity index (χ0n) is 24.2. The molecule has 0 saturated heterocycles. The first kappa shape index (κ1) is 34.7. The molecule has 1 heterocycles. The molecule has 0 spiro atoms. The number of carboxylic acids is 1. The van der Waals surface area contributed by atoms with Crippen molar-refractivity contribution in [2.24, 2.45) is 0 Å². The van der Waals surface area contributed by atoms with Crippen LogP contribution in [0.15, 0.2) is 59.8 Å². The fraction of sp³-hybridized carbons (Fsp3) is 0.281. The number of nitrogens with zero attached hydrogens (tertiary/aromatic N) is 3. The van der Waals surface area contributed by atoms with Crippen LogP contribution in [0.3, 0.4) is 0 Å². The minimum Gasteiger partial charge on any atom is -0.495 e. The summed E-state index contributed by atoms with van der Waals surface area (Å²) in [4.78, 5) is 13.8. The molecule has 1 unspecified atom stereocenters. The van der Waals surface area contributed by atoms with E-state index in [4.69, 9.17) is 36.5 Å². The van der Waals surface area contributed by atoms with Crippen LogP contribution in [0.5, 0.6) is 5.75 Å². The van der Waals surface area contributed by atoms with Crippen LogP contribution in [-0.4, -0.2) is 33.9 Å². The summed E-state index contributed by atoms with van der Waals surface area (Å²) >= 11 is 7.52. The molecule has 0 bridgehead atoms. The third kappa shape index (κ3) is 8.16. The van der Waals surface area contributed by atoms with E-state index in [0.29, 0.717) is 27.2 Å². The second-order valence-electron chi connectivity index (χ2n) is 10.2. The number of carbonyl (C=O) groups is 1. The van der Waals surface area contributed by atoms with Crippen molar-refractivity contribution in [3.05, 3.63) is 105 Å². The van der Waals surface area contributed by atoms with Gasteiger partial charge in [-0.3, -0.25) is 4.57 Å². The van der Waals surface area contributed by atoms with Gasteiger partial charge in [-0.1, -0.05) is 29.4 Å². The zero-order valence-corrected chi connectivity index (χ0v) is 25.7. The lowest BCUT2D eigenvalue weighted by Gasteiger charge is -2.26. The lowest BCUT2D eigenvalue weighted by atomic mass is 9.84. The number of alkyl halides is 3. The number of rotatable bonds is 8. The molecule has 5 rings (SSSR count). The van der Waals surface area contributed by atoms with Gasteiger partial charge in [0.2, 0.25) is 0 Å². The third-order valence-corrected chi connectivity index (χ3v) is 8.45. The molecule has 0 saturated carbocycles. The van der Waals surface area contributed by atoms with Gasteiger partial charge in [-0.15, -0.1) is 0 Å². The minimum absolute atomic E-state index is 0.0206. The number of benzene rings is 3. The molecule has 0 fully saturated rings. The average molecular weight is 682 g/mol. The van der Waals surface area contributed by atoms with Crippen LogP contribution in [-0.2, 0) is 23.4 Å². The molecule has 1 aromatic heterocycles. The van der Waals surface area contributed by atoms with Gasteiger partial charge < -0.3 is 9.84 Å². The van der Waals surface area contributed by atoms with Crippen molar-refractivity contribution in [1.82, 2.24) is 9.55 Å². The Labute approximate surface area is 269 Å². The summed E-state index contributed by atoms with van der Waals surface area (Å²) in [5.74, 6) is -3.84. The van der Waals surface area contributed by atoms with E-state index >= 15 is 0 Å². The Hall–Kier alpha value is -4.15. The number of hydrogen-bond acceptors (Lipinski definition) is 5. The predicted octanol–water partition coefficient (Wildman–Crippen LogP) is 8.80. The summed E-state index contributed by atoms with van der Waals surface area (Å²) < 4.78 is 82.8. The largest absolute Gasteiger partial charge is 0.495 e. The number of halogens is 7.